The zero-order valence-electron chi connectivity index (χ0n) is 18.6. The van der Waals surface area contributed by atoms with Gasteiger partial charge in [0.15, 0.2) is 5.65 Å². The Morgan fingerprint density at radius 2 is 1.61 bits per heavy atom. The Morgan fingerprint density at radius 3 is 2.36 bits per heavy atom. The zero-order valence-corrected chi connectivity index (χ0v) is 18.6. The van der Waals surface area contributed by atoms with E-state index in [9.17, 15) is 22.8 Å². The van der Waals surface area contributed by atoms with E-state index in [4.69, 9.17) is 0 Å². The smallest absolute Gasteiger partial charge is 0.406 e. The zero-order chi connectivity index (χ0) is 25.2. The van der Waals surface area contributed by atoms with Gasteiger partial charge in [-0.1, -0.05) is 36.4 Å². The second-order valence-electron chi connectivity index (χ2n) is 8.23. The number of nitrogens with zero attached hydrogens (tertiary/aromatic N) is 4. The van der Waals surface area contributed by atoms with Crippen LogP contribution in [-0.2, 0) is 0 Å². The maximum Gasteiger partial charge on any atom is 0.573 e. The van der Waals surface area contributed by atoms with Crippen LogP contribution in [0.2, 0.25) is 0 Å². The van der Waals surface area contributed by atoms with Gasteiger partial charge in [0, 0.05) is 11.6 Å². The summed E-state index contributed by atoms with van der Waals surface area (Å²) < 4.78 is 42.8. The van der Waals surface area contributed by atoms with Crippen molar-refractivity contribution in [3.05, 3.63) is 89.7 Å². The molecule has 36 heavy (non-hydrogen) atoms. The minimum absolute atomic E-state index is 0.164. The number of hydrogen-bond donors (Lipinski definition) is 0. The van der Waals surface area contributed by atoms with E-state index in [1.165, 1.54) is 23.0 Å². The largest absolute Gasteiger partial charge is 0.573 e. The van der Waals surface area contributed by atoms with Crippen LogP contribution in [0, 0.1) is 6.92 Å². The molecule has 0 unspecified atom stereocenters. The number of pyridine rings is 1. The normalized spacial score (nSPS) is 13.6. The number of amides is 2. The molecule has 2 amide bonds. The molecule has 0 bridgehead atoms. The Hall–Kier alpha value is -4.73. The van der Waals surface area contributed by atoms with E-state index in [1.807, 2.05) is 30.3 Å². The molecule has 0 aliphatic carbocycles. The van der Waals surface area contributed by atoms with Crippen LogP contribution < -0.4 is 9.64 Å². The molecule has 0 saturated carbocycles. The first kappa shape index (κ1) is 21.8. The first-order chi connectivity index (χ1) is 17.2. The molecule has 178 valence electrons. The summed E-state index contributed by atoms with van der Waals surface area (Å²) in [6.07, 6.45) is -3.47. The van der Waals surface area contributed by atoms with E-state index in [2.05, 4.69) is 14.8 Å². The number of carbonyl (C=O) groups excluding carboxylic acids is 2. The summed E-state index contributed by atoms with van der Waals surface area (Å²) in [6, 6.07) is 18.0. The van der Waals surface area contributed by atoms with Crippen LogP contribution in [0.3, 0.4) is 0 Å². The molecule has 0 saturated heterocycles. The SMILES string of the molecule is Cc1nn(-c2ccc(OC(F)(F)F)cc2)c2ncc3c(c12)C(=O)N(c1cccc2ccccc12)C3=O. The monoisotopic (exact) mass is 488 g/mol. The minimum Gasteiger partial charge on any atom is -0.406 e. The van der Waals surface area contributed by atoms with Gasteiger partial charge >= 0.3 is 6.36 Å². The van der Waals surface area contributed by atoms with Crippen molar-refractivity contribution < 1.29 is 27.5 Å². The number of alkyl halides is 3. The predicted molar refractivity (Wildman–Crippen MR) is 125 cm³/mol. The van der Waals surface area contributed by atoms with Crippen molar-refractivity contribution in [1.29, 1.82) is 0 Å². The second kappa shape index (κ2) is 7.64. The minimum atomic E-state index is -4.80. The first-order valence-electron chi connectivity index (χ1n) is 10.8. The lowest BCUT2D eigenvalue weighted by atomic mass is 10.1. The van der Waals surface area contributed by atoms with Crippen LogP contribution in [0.15, 0.2) is 72.9 Å². The fourth-order valence-corrected chi connectivity index (χ4v) is 4.55. The van der Waals surface area contributed by atoms with Crippen molar-refractivity contribution in [2.45, 2.75) is 13.3 Å². The molecule has 0 atom stereocenters. The lowest BCUT2D eigenvalue weighted by molar-refractivity contribution is -0.274. The third-order valence-corrected chi connectivity index (χ3v) is 6.04. The molecule has 7 nitrogen and oxygen atoms in total. The van der Waals surface area contributed by atoms with E-state index >= 15 is 0 Å². The van der Waals surface area contributed by atoms with Gasteiger partial charge in [-0.05, 0) is 42.6 Å². The maximum absolute atomic E-state index is 13.7. The van der Waals surface area contributed by atoms with E-state index < -0.39 is 18.2 Å². The first-order valence-corrected chi connectivity index (χ1v) is 10.8. The molecular weight excluding hydrogens is 473 g/mol. The summed E-state index contributed by atoms with van der Waals surface area (Å²) in [5, 5.41) is 6.51. The van der Waals surface area contributed by atoms with Gasteiger partial charge in [0.05, 0.1) is 33.6 Å². The topological polar surface area (TPSA) is 77.3 Å². The molecule has 10 heteroatoms. The summed E-state index contributed by atoms with van der Waals surface area (Å²) in [5.74, 6) is -1.35. The molecule has 2 aromatic heterocycles. The number of aryl methyl sites for hydroxylation is 1. The van der Waals surface area contributed by atoms with E-state index in [1.54, 1.807) is 19.1 Å². The fraction of sp³-hybridized carbons (Fsp3) is 0.0769. The van der Waals surface area contributed by atoms with Gasteiger partial charge in [0.1, 0.15) is 5.75 Å². The number of halogens is 3. The predicted octanol–water partition coefficient (Wildman–Crippen LogP) is 5.58. The number of aromatic nitrogens is 3. The standard InChI is InChI=1S/C26H15F3N4O3/c1-14-21-22-19(24(34)32(25(22)35)20-8-4-6-15-5-2-3-7-18(15)20)13-30-23(21)33(31-14)16-9-11-17(12-10-16)36-26(27,28)29/h2-13H,1H3. The summed E-state index contributed by atoms with van der Waals surface area (Å²) in [5.41, 5.74) is 1.99. The number of imide groups is 1. The second-order valence-corrected chi connectivity index (χ2v) is 8.23. The Balaban J connectivity index is 1.46. The van der Waals surface area contributed by atoms with E-state index in [0.29, 0.717) is 28.1 Å². The van der Waals surface area contributed by atoms with Crippen LogP contribution >= 0.6 is 0 Å². The van der Waals surface area contributed by atoms with Crippen LogP contribution in [0.25, 0.3) is 27.5 Å². The molecule has 1 aliphatic rings. The molecule has 0 N–H and O–H groups in total. The molecule has 0 spiro atoms. The molecular formula is C26H15F3N4O3. The summed E-state index contributed by atoms with van der Waals surface area (Å²) in [7, 11) is 0. The number of anilines is 1. The van der Waals surface area contributed by atoms with Crippen molar-refractivity contribution in [1.82, 2.24) is 14.8 Å². The third-order valence-electron chi connectivity index (χ3n) is 6.04. The number of ether oxygens (including phenoxy) is 1. The van der Waals surface area contributed by atoms with Crippen LogP contribution in [0.1, 0.15) is 26.4 Å². The van der Waals surface area contributed by atoms with Crippen molar-refractivity contribution in [3.63, 3.8) is 0 Å². The average molecular weight is 488 g/mol. The molecule has 0 radical (unpaired) electrons. The number of hydrogen-bond acceptors (Lipinski definition) is 5. The van der Waals surface area contributed by atoms with Gasteiger partial charge in [-0.3, -0.25) is 9.59 Å². The number of carbonyl (C=O) groups is 2. The number of fused-ring (bicyclic) bond motifs is 4. The Morgan fingerprint density at radius 1 is 0.889 bits per heavy atom. The lowest BCUT2D eigenvalue weighted by Gasteiger charge is -2.16. The van der Waals surface area contributed by atoms with E-state index in [0.717, 1.165) is 27.8 Å². The van der Waals surface area contributed by atoms with Crippen molar-refractivity contribution >= 4 is 39.3 Å². The highest BCUT2D eigenvalue weighted by Gasteiger charge is 2.40. The summed E-state index contributed by atoms with van der Waals surface area (Å²) in [4.78, 5) is 32.6. The average Bonchev–Trinajstić information content (AvgIpc) is 3.31. The van der Waals surface area contributed by atoms with Gasteiger partial charge in [0.25, 0.3) is 11.8 Å². The van der Waals surface area contributed by atoms with Gasteiger partial charge < -0.3 is 4.74 Å². The highest BCUT2D eigenvalue weighted by atomic mass is 19.4. The van der Waals surface area contributed by atoms with Gasteiger partial charge in [-0.15, -0.1) is 13.2 Å². The van der Waals surface area contributed by atoms with Crippen LogP contribution in [0.5, 0.6) is 5.75 Å². The van der Waals surface area contributed by atoms with Crippen molar-refractivity contribution in [2.75, 3.05) is 4.90 Å². The molecule has 6 rings (SSSR count). The molecule has 3 aromatic carbocycles. The van der Waals surface area contributed by atoms with Gasteiger partial charge in [0.2, 0.25) is 0 Å². The number of rotatable bonds is 3. The van der Waals surface area contributed by atoms with Gasteiger partial charge in [-0.25, -0.2) is 14.6 Å². The Bertz CT molecular complexity index is 1700. The quantitative estimate of drug-likeness (QED) is 0.310. The Labute approximate surface area is 201 Å². The molecule has 1 aliphatic heterocycles. The van der Waals surface area contributed by atoms with Crippen molar-refractivity contribution in [2.24, 2.45) is 0 Å². The highest BCUT2D eigenvalue weighted by Crippen LogP contribution is 2.37. The summed E-state index contributed by atoms with van der Waals surface area (Å²) in [6.45, 7) is 1.68. The summed E-state index contributed by atoms with van der Waals surface area (Å²) >= 11 is 0. The molecule has 3 heterocycles. The maximum atomic E-state index is 13.7. The van der Waals surface area contributed by atoms with Crippen LogP contribution in [-0.4, -0.2) is 32.9 Å². The van der Waals surface area contributed by atoms with Crippen LogP contribution in [0.4, 0.5) is 18.9 Å². The van der Waals surface area contributed by atoms with Crippen molar-refractivity contribution in [3.8, 4) is 11.4 Å². The Kier molecular flexibility index (Phi) is 4.62. The van der Waals surface area contributed by atoms with E-state index in [-0.39, 0.29) is 16.9 Å². The van der Waals surface area contributed by atoms with Gasteiger partial charge in [-0.2, -0.15) is 5.10 Å². The lowest BCUT2D eigenvalue weighted by Crippen LogP contribution is -2.29. The number of benzene rings is 3. The molecule has 0 fully saturated rings. The molecule has 5 aromatic rings. The highest BCUT2D eigenvalue weighted by molar-refractivity contribution is 6.38. The third kappa shape index (κ3) is 3.29. The fourth-order valence-electron chi connectivity index (χ4n) is 4.55.